The maximum absolute atomic E-state index is 11.9. The summed E-state index contributed by atoms with van der Waals surface area (Å²) in [7, 11) is -3.83. The summed E-state index contributed by atoms with van der Waals surface area (Å²) in [4.78, 5) is 14.6. The standard InChI is InChI=1S/C12H12ClN3O3S/c1-7-2-3-9(5-11(7)20(14,18)19)16-12(17)10-4-8(13)6-15-10/h2-6,15H,1H3,(H,16,17)(H2,14,18,19). The van der Waals surface area contributed by atoms with E-state index in [9.17, 15) is 13.2 Å². The lowest BCUT2D eigenvalue weighted by molar-refractivity contribution is 0.102. The molecule has 106 valence electrons. The van der Waals surface area contributed by atoms with E-state index in [2.05, 4.69) is 10.3 Å². The van der Waals surface area contributed by atoms with E-state index < -0.39 is 15.9 Å². The minimum absolute atomic E-state index is 0.0279. The van der Waals surface area contributed by atoms with Gasteiger partial charge in [0.25, 0.3) is 5.91 Å². The summed E-state index contributed by atoms with van der Waals surface area (Å²) in [6.07, 6.45) is 1.47. The second-order valence-electron chi connectivity index (χ2n) is 4.21. The Labute approximate surface area is 121 Å². The number of hydrogen-bond acceptors (Lipinski definition) is 3. The van der Waals surface area contributed by atoms with Crippen LogP contribution in [0.1, 0.15) is 16.1 Å². The summed E-state index contributed by atoms with van der Waals surface area (Å²) < 4.78 is 22.8. The number of rotatable bonds is 3. The summed E-state index contributed by atoms with van der Waals surface area (Å²) in [5.74, 6) is -0.430. The zero-order valence-electron chi connectivity index (χ0n) is 10.5. The molecule has 0 unspecified atom stereocenters. The van der Waals surface area contributed by atoms with Crippen molar-refractivity contribution < 1.29 is 13.2 Å². The number of sulfonamides is 1. The van der Waals surface area contributed by atoms with Gasteiger partial charge in [-0.2, -0.15) is 0 Å². The predicted molar refractivity (Wildman–Crippen MR) is 76.3 cm³/mol. The molecule has 0 aliphatic rings. The van der Waals surface area contributed by atoms with Gasteiger partial charge in [0.2, 0.25) is 10.0 Å². The zero-order valence-corrected chi connectivity index (χ0v) is 12.0. The first-order valence-corrected chi connectivity index (χ1v) is 7.48. The third-order valence-corrected chi connectivity index (χ3v) is 3.92. The molecular formula is C12H12ClN3O3S. The first-order valence-electron chi connectivity index (χ1n) is 5.56. The van der Waals surface area contributed by atoms with Gasteiger partial charge >= 0.3 is 0 Å². The number of amides is 1. The highest BCUT2D eigenvalue weighted by Crippen LogP contribution is 2.20. The number of primary sulfonamides is 1. The highest BCUT2D eigenvalue weighted by atomic mass is 35.5. The summed E-state index contributed by atoms with van der Waals surface area (Å²) in [5.41, 5.74) is 1.11. The Hall–Kier alpha value is -1.83. The number of aryl methyl sites for hydroxylation is 1. The van der Waals surface area contributed by atoms with Gasteiger partial charge in [-0.15, -0.1) is 0 Å². The van der Waals surface area contributed by atoms with Crippen molar-refractivity contribution in [3.8, 4) is 0 Å². The second-order valence-corrected chi connectivity index (χ2v) is 6.18. The zero-order chi connectivity index (χ0) is 14.9. The molecule has 0 atom stereocenters. The predicted octanol–water partition coefficient (Wildman–Crippen LogP) is 1.88. The van der Waals surface area contributed by atoms with Crippen molar-refractivity contribution in [2.75, 3.05) is 5.32 Å². The SMILES string of the molecule is Cc1ccc(NC(=O)c2cc(Cl)c[nH]2)cc1S(N)(=O)=O. The van der Waals surface area contributed by atoms with E-state index in [1.165, 1.54) is 18.3 Å². The van der Waals surface area contributed by atoms with Crippen LogP contribution >= 0.6 is 11.6 Å². The Bertz CT molecular complexity index is 768. The summed E-state index contributed by atoms with van der Waals surface area (Å²) in [6.45, 7) is 1.62. The molecule has 0 aliphatic carbocycles. The smallest absolute Gasteiger partial charge is 0.272 e. The summed E-state index contributed by atoms with van der Waals surface area (Å²) >= 11 is 5.71. The molecule has 0 saturated carbocycles. The van der Waals surface area contributed by atoms with Crippen molar-refractivity contribution in [2.45, 2.75) is 11.8 Å². The second kappa shape index (κ2) is 5.28. The number of H-pyrrole nitrogens is 1. The van der Waals surface area contributed by atoms with E-state index in [4.69, 9.17) is 16.7 Å². The number of hydrogen-bond donors (Lipinski definition) is 3. The maximum Gasteiger partial charge on any atom is 0.272 e. The first-order chi connectivity index (χ1) is 9.27. The van der Waals surface area contributed by atoms with E-state index in [-0.39, 0.29) is 10.6 Å². The Morgan fingerprint density at radius 2 is 2.05 bits per heavy atom. The van der Waals surface area contributed by atoms with Crippen molar-refractivity contribution >= 4 is 33.2 Å². The van der Waals surface area contributed by atoms with E-state index in [1.807, 2.05) is 0 Å². The molecule has 0 bridgehead atoms. The fraction of sp³-hybridized carbons (Fsp3) is 0.0833. The molecule has 0 fully saturated rings. The van der Waals surface area contributed by atoms with Gasteiger partial charge in [0.15, 0.2) is 0 Å². The summed E-state index contributed by atoms with van der Waals surface area (Å²) in [6, 6.07) is 5.93. The maximum atomic E-state index is 11.9. The van der Waals surface area contributed by atoms with Gasteiger partial charge in [0.05, 0.1) is 9.92 Å². The molecule has 8 heteroatoms. The van der Waals surface area contributed by atoms with E-state index in [1.54, 1.807) is 19.1 Å². The lowest BCUT2D eigenvalue weighted by Crippen LogP contribution is -2.16. The van der Waals surface area contributed by atoms with Gasteiger partial charge in [-0.3, -0.25) is 4.79 Å². The Kier molecular flexibility index (Phi) is 3.85. The van der Waals surface area contributed by atoms with Gasteiger partial charge in [-0.25, -0.2) is 13.6 Å². The Balaban J connectivity index is 2.29. The molecule has 1 heterocycles. The van der Waals surface area contributed by atoms with Crippen LogP contribution in [-0.2, 0) is 10.0 Å². The van der Waals surface area contributed by atoms with Gasteiger partial charge in [-0.05, 0) is 30.7 Å². The number of carbonyl (C=O) groups excluding carboxylic acids is 1. The highest BCUT2D eigenvalue weighted by molar-refractivity contribution is 7.89. The minimum Gasteiger partial charge on any atom is -0.356 e. The number of halogens is 1. The molecule has 0 aliphatic heterocycles. The highest BCUT2D eigenvalue weighted by Gasteiger charge is 2.14. The van der Waals surface area contributed by atoms with Crippen LogP contribution in [0.25, 0.3) is 0 Å². The van der Waals surface area contributed by atoms with Crippen LogP contribution < -0.4 is 10.5 Å². The molecule has 0 saturated heterocycles. The van der Waals surface area contributed by atoms with Crippen LogP contribution in [0.2, 0.25) is 5.02 Å². The number of carbonyl (C=O) groups is 1. The number of anilines is 1. The van der Waals surface area contributed by atoms with Crippen molar-refractivity contribution in [3.63, 3.8) is 0 Å². The molecule has 1 aromatic carbocycles. The fourth-order valence-electron chi connectivity index (χ4n) is 1.68. The Morgan fingerprint density at radius 3 is 2.60 bits per heavy atom. The third-order valence-electron chi connectivity index (χ3n) is 2.64. The molecule has 2 rings (SSSR count). The van der Waals surface area contributed by atoms with Crippen LogP contribution in [0.5, 0.6) is 0 Å². The normalized spacial score (nSPS) is 11.3. The minimum atomic E-state index is -3.83. The number of aromatic nitrogens is 1. The molecular weight excluding hydrogens is 302 g/mol. The molecule has 20 heavy (non-hydrogen) atoms. The van der Waals surface area contributed by atoms with E-state index in [0.29, 0.717) is 16.3 Å². The monoisotopic (exact) mass is 313 g/mol. The lowest BCUT2D eigenvalue weighted by atomic mass is 10.2. The molecule has 1 amide bonds. The fourth-order valence-corrected chi connectivity index (χ4v) is 2.65. The quantitative estimate of drug-likeness (QED) is 0.805. The van der Waals surface area contributed by atoms with E-state index in [0.717, 1.165) is 0 Å². The molecule has 1 aromatic heterocycles. The average molecular weight is 314 g/mol. The lowest BCUT2D eigenvalue weighted by Gasteiger charge is -2.08. The van der Waals surface area contributed by atoms with Crippen LogP contribution in [0.15, 0.2) is 35.4 Å². The summed E-state index contributed by atoms with van der Waals surface area (Å²) in [5, 5.41) is 8.08. The van der Waals surface area contributed by atoms with Gasteiger partial charge in [-0.1, -0.05) is 17.7 Å². The average Bonchev–Trinajstić information content (AvgIpc) is 2.77. The van der Waals surface area contributed by atoms with Crippen molar-refractivity contribution in [1.29, 1.82) is 0 Å². The third kappa shape index (κ3) is 3.19. The number of nitrogens with one attached hydrogen (secondary N) is 2. The topological polar surface area (TPSA) is 105 Å². The number of benzene rings is 1. The van der Waals surface area contributed by atoms with Crippen LogP contribution in [-0.4, -0.2) is 19.3 Å². The van der Waals surface area contributed by atoms with Gasteiger partial charge in [0.1, 0.15) is 5.69 Å². The van der Waals surface area contributed by atoms with E-state index >= 15 is 0 Å². The van der Waals surface area contributed by atoms with Crippen molar-refractivity contribution in [1.82, 2.24) is 4.98 Å². The van der Waals surface area contributed by atoms with Crippen LogP contribution in [0.3, 0.4) is 0 Å². The van der Waals surface area contributed by atoms with Crippen LogP contribution in [0, 0.1) is 6.92 Å². The number of nitrogens with two attached hydrogens (primary N) is 1. The van der Waals surface area contributed by atoms with Crippen LogP contribution in [0.4, 0.5) is 5.69 Å². The van der Waals surface area contributed by atoms with Gasteiger partial charge < -0.3 is 10.3 Å². The largest absolute Gasteiger partial charge is 0.356 e. The molecule has 0 radical (unpaired) electrons. The van der Waals surface area contributed by atoms with Crippen molar-refractivity contribution in [3.05, 3.63) is 46.7 Å². The molecule has 2 aromatic rings. The Morgan fingerprint density at radius 1 is 1.35 bits per heavy atom. The van der Waals surface area contributed by atoms with Gasteiger partial charge in [0, 0.05) is 11.9 Å². The molecule has 6 nitrogen and oxygen atoms in total. The molecule has 4 N–H and O–H groups in total. The molecule has 0 spiro atoms. The van der Waals surface area contributed by atoms with Crippen molar-refractivity contribution in [2.24, 2.45) is 5.14 Å². The number of aromatic amines is 1. The first kappa shape index (κ1) is 14.6.